The number of ether oxygens (including phenoxy) is 1. The van der Waals surface area contributed by atoms with Crippen molar-refractivity contribution in [1.82, 2.24) is 19.7 Å². The molecular weight excluding hydrogens is 308 g/mol. The highest BCUT2D eigenvalue weighted by Crippen LogP contribution is 2.26. The predicted octanol–water partition coefficient (Wildman–Crippen LogP) is -0.0854. The second-order valence-corrected chi connectivity index (χ2v) is 6.84. The van der Waals surface area contributed by atoms with Gasteiger partial charge in [0.15, 0.2) is 0 Å². The molecule has 2 aliphatic heterocycles. The predicted molar refractivity (Wildman–Crippen MR) is 90.2 cm³/mol. The molecule has 0 aliphatic carbocycles. The van der Waals surface area contributed by atoms with E-state index in [1.165, 1.54) is 7.11 Å². The summed E-state index contributed by atoms with van der Waals surface area (Å²) in [5.74, 6) is 0.200. The highest BCUT2D eigenvalue weighted by atomic mass is 16.5. The van der Waals surface area contributed by atoms with E-state index in [9.17, 15) is 9.90 Å². The molecule has 2 aliphatic rings. The average Bonchev–Trinajstić information content (AvgIpc) is 2.98. The maximum Gasteiger partial charge on any atom is 0.259 e. The van der Waals surface area contributed by atoms with Gasteiger partial charge in [0, 0.05) is 45.5 Å². The van der Waals surface area contributed by atoms with Crippen LogP contribution in [0.15, 0.2) is 18.3 Å². The molecule has 0 bridgehead atoms. The molecule has 0 saturated carbocycles. The Morgan fingerprint density at radius 3 is 2.79 bits per heavy atom. The minimum atomic E-state index is -0.832. The van der Waals surface area contributed by atoms with Crippen molar-refractivity contribution < 1.29 is 14.6 Å². The number of nitrogens with zero attached hydrogens (tertiary/aromatic N) is 4. The van der Waals surface area contributed by atoms with Crippen LogP contribution in [0.5, 0.6) is 5.88 Å². The normalized spacial score (nSPS) is 25.9. The fourth-order valence-corrected chi connectivity index (χ4v) is 3.47. The summed E-state index contributed by atoms with van der Waals surface area (Å²) in [6, 6.07) is 3.44. The van der Waals surface area contributed by atoms with Crippen LogP contribution in [0.25, 0.3) is 0 Å². The zero-order chi connectivity index (χ0) is 17.2. The van der Waals surface area contributed by atoms with Gasteiger partial charge in [-0.3, -0.25) is 9.69 Å². The minimum absolute atomic E-state index is 0.130. The summed E-state index contributed by atoms with van der Waals surface area (Å²) in [7, 11) is 3.62. The molecule has 7 heteroatoms. The van der Waals surface area contributed by atoms with Crippen LogP contribution in [0, 0.1) is 0 Å². The third-order valence-electron chi connectivity index (χ3n) is 4.93. The van der Waals surface area contributed by atoms with Crippen molar-refractivity contribution >= 4 is 5.91 Å². The first-order valence-electron chi connectivity index (χ1n) is 8.42. The molecular formula is C17H26N4O3. The Balaban J connectivity index is 1.62. The zero-order valence-corrected chi connectivity index (χ0v) is 14.4. The van der Waals surface area contributed by atoms with Crippen LogP contribution in [0.2, 0.25) is 0 Å². The van der Waals surface area contributed by atoms with Crippen molar-refractivity contribution in [2.24, 2.45) is 0 Å². The van der Waals surface area contributed by atoms with E-state index in [2.05, 4.69) is 21.8 Å². The van der Waals surface area contributed by atoms with Crippen molar-refractivity contribution in [2.75, 3.05) is 60.0 Å². The molecule has 24 heavy (non-hydrogen) atoms. The molecule has 0 radical (unpaired) electrons. The molecule has 2 fully saturated rings. The van der Waals surface area contributed by atoms with Crippen LogP contribution in [0.4, 0.5) is 0 Å². The van der Waals surface area contributed by atoms with Crippen molar-refractivity contribution in [3.05, 3.63) is 23.9 Å². The Morgan fingerprint density at radius 2 is 2.08 bits per heavy atom. The third kappa shape index (κ3) is 3.68. The van der Waals surface area contributed by atoms with Crippen LogP contribution in [0.1, 0.15) is 16.8 Å². The van der Waals surface area contributed by atoms with Gasteiger partial charge >= 0.3 is 0 Å². The summed E-state index contributed by atoms with van der Waals surface area (Å²) >= 11 is 0. The van der Waals surface area contributed by atoms with Crippen LogP contribution < -0.4 is 4.74 Å². The minimum Gasteiger partial charge on any atom is -0.480 e. The molecule has 1 N–H and O–H groups in total. The topological polar surface area (TPSA) is 69.1 Å². The number of aromatic nitrogens is 1. The number of piperazine rings is 1. The number of hydrogen-bond donors (Lipinski definition) is 1. The number of pyridine rings is 1. The Morgan fingerprint density at radius 1 is 1.33 bits per heavy atom. The molecule has 1 aromatic heterocycles. The Labute approximate surface area is 142 Å². The van der Waals surface area contributed by atoms with Crippen molar-refractivity contribution in [1.29, 1.82) is 0 Å². The summed E-state index contributed by atoms with van der Waals surface area (Å²) in [6.07, 6.45) is 2.21. The molecule has 3 rings (SSSR count). The monoisotopic (exact) mass is 334 g/mol. The van der Waals surface area contributed by atoms with Gasteiger partial charge < -0.3 is 19.6 Å². The van der Waals surface area contributed by atoms with Crippen molar-refractivity contribution in [3.63, 3.8) is 0 Å². The average molecular weight is 334 g/mol. The van der Waals surface area contributed by atoms with Gasteiger partial charge in [-0.25, -0.2) is 4.98 Å². The molecule has 3 heterocycles. The lowest BCUT2D eigenvalue weighted by molar-refractivity contribution is 0.000492. The smallest absolute Gasteiger partial charge is 0.259 e. The van der Waals surface area contributed by atoms with Crippen LogP contribution in [-0.2, 0) is 0 Å². The molecule has 1 atom stereocenters. The molecule has 2 saturated heterocycles. The zero-order valence-electron chi connectivity index (χ0n) is 14.4. The summed E-state index contributed by atoms with van der Waals surface area (Å²) < 4.78 is 5.18. The van der Waals surface area contributed by atoms with Crippen LogP contribution in [0.3, 0.4) is 0 Å². The lowest BCUT2D eigenvalue weighted by atomic mass is 10.0. The number of amides is 1. The van der Waals surface area contributed by atoms with E-state index in [1.807, 2.05) is 0 Å². The van der Waals surface area contributed by atoms with Crippen LogP contribution in [-0.4, -0.2) is 96.3 Å². The van der Waals surface area contributed by atoms with Gasteiger partial charge in [0.2, 0.25) is 5.88 Å². The first kappa shape index (κ1) is 17.1. The highest BCUT2D eigenvalue weighted by molar-refractivity contribution is 5.96. The first-order valence-corrected chi connectivity index (χ1v) is 8.42. The van der Waals surface area contributed by atoms with E-state index in [-0.39, 0.29) is 5.91 Å². The van der Waals surface area contributed by atoms with E-state index in [0.29, 0.717) is 37.5 Å². The standard InChI is InChI=1S/C17H26N4O3/c1-19-8-10-20(11-9-19)12-17(23)5-7-21(13-17)16(22)14-4-3-6-18-15(14)24-2/h3-4,6,23H,5,7-13H2,1-2H3. The SMILES string of the molecule is COc1ncccc1C(=O)N1CCC(O)(CN2CCN(C)CC2)C1. The van der Waals surface area contributed by atoms with E-state index in [4.69, 9.17) is 4.74 Å². The van der Waals surface area contributed by atoms with Gasteiger partial charge in [-0.05, 0) is 25.6 Å². The number of methoxy groups -OCH3 is 1. The molecule has 132 valence electrons. The molecule has 7 nitrogen and oxygen atoms in total. The summed E-state index contributed by atoms with van der Waals surface area (Å²) in [5.41, 5.74) is -0.384. The largest absolute Gasteiger partial charge is 0.480 e. The lowest BCUT2D eigenvalue weighted by Crippen LogP contribution is -2.52. The maximum absolute atomic E-state index is 12.7. The number of rotatable bonds is 4. The molecule has 1 aromatic rings. The fraction of sp³-hybridized carbons (Fsp3) is 0.647. The highest BCUT2D eigenvalue weighted by Gasteiger charge is 2.40. The fourth-order valence-electron chi connectivity index (χ4n) is 3.47. The Kier molecular flexibility index (Phi) is 5.03. The quantitative estimate of drug-likeness (QED) is 0.830. The van der Waals surface area contributed by atoms with Crippen molar-refractivity contribution in [3.8, 4) is 5.88 Å². The number of aliphatic hydroxyl groups is 1. The second kappa shape index (κ2) is 7.04. The van der Waals surface area contributed by atoms with Gasteiger partial charge in [0.1, 0.15) is 5.56 Å². The summed E-state index contributed by atoms with van der Waals surface area (Å²) in [6.45, 7) is 5.50. The second-order valence-electron chi connectivity index (χ2n) is 6.84. The summed E-state index contributed by atoms with van der Waals surface area (Å²) in [5, 5.41) is 10.9. The van der Waals surface area contributed by atoms with E-state index >= 15 is 0 Å². The number of hydrogen-bond acceptors (Lipinski definition) is 6. The van der Waals surface area contributed by atoms with Gasteiger partial charge in [0.25, 0.3) is 5.91 Å². The van der Waals surface area contributed by atoms with Gasteiger partial charge in [0.05, 0.1) is 19.3 Å². The van der Waals surface area contributed by atoms with Gasteiger partial charge in [-0.2, -0.15) is 0 Å². The number of β-amino-alcohol motifs (C(OH)–C–C–N with tert-alkyl or cyclic N) is 1. The molecule has 0 aromatic carbocycles. The summed E-state index contributed by atoms with van der Waals surface area (Å²) in [4.78, 5) is 23.1. The number of carbonyl (C=O) groups excluding carboxylic acids is 1. The number of carbonyl (C=O) groups is 1. The Hall–Kier alpha value is -1.70. The number of likely N-dealkylation sites (N-methyl/N-ethyl adjacent to an activating group) is 1. The van der Waals surface area contributed by atoms with E-state index in [0.717, 1.165) is 26.2 Å². The van der Waals surface area contributed by atoms with Crippen LogP contribution >= 0.6 is 0 Å². The third-order valence-corrected chi connectivity index (χ3v) is 4.93. The van der Waals surface area contributed by atoms with E-state index < -0.39 is 5.60 Å². The molecule has 1 amide bonds. The maximum atomic E-state index is 12.7. The lowest BCUT2D eigenvalue weighted by Gasteiger charge is -2.36. The number of likely N-dealkylation sites (tertiary alicyclic amines) is 1. The molecule has 0 spiro atoms. The van der Waals surface area contributed by atoms with Gasteiger partial charge in [-0.15, -0.1) is 0 Å². The van der Waals surface area contributed by atoms with E-state index in [1.54, 1.807) is 23.2 Å². The molecule has 1 unspecified atom stereocenters. The van der Waals surface area contributed by atoms with Crippen molar-refractivity contribution in [2.45, 2.75) is 12.0 Å². The Bertz CT molecular complexity index is 589. The van der Waals surface area contributed by atoms with Gasteiger partial charge in [-0.1, -0.05) is 0 Å². The first-order chi connectivity index (χ1) is 11.5.